The number of ether oxygens (including phenoxy) is 1. The van der Waals surface area contributed by atoms with E-state index in [9.17, 15) is 19.8 Å². The lowest BCUT2D eigenvalue weighted by Crippen LogP contribution is -2.43. The van der Waals surface area contributed by atoms with E-state index in [2.05, 4.69) is 15.0 Å². The molecule has 0 amide bonds. The minimum Gasteiger partial charge on any atom is -0.391 e. The fourth-order valence-electron chi connectivity index (χ4n) is 2.50. The number of rotatable bonds is 4. The van der Waals surface area contributed by atoms with Gasteiger partial charge in [0.15, 0.2) is 5.11 Å². The molecule has 1 aromatic rings. The number of hydrogen-bond acceptors (Lipinski definition) is 7. The van der Waals surface area contributed by atoms with Gasteiger partial charge >= 0.3 is 5.69 Å². The first-order valence-corrected chi connectivity index (χ1v) is 6.36. The lowest BCUT2D eigenvalue weighted by molar-refractivity contribution is -0.128. The smallest absolute Gasteiger partial charge is 0.330 e. The fraction of sp³-hybridized carbons (Fsp3) is 0.636. The third-order valence-corrected chi connectivity index (χ3v) is 3.60. The highest BCUT2D eigenvalue weighted by atomic mass is 16.6. The molecule has 4 N–H and O–H groups in total. The Labute approximate surface area is 118 Å². The van der Waals surface area contributed by atoms with Crippen molar-refractivity contribution in [3.05, 3.63) is 33.1 Å². The molecule has 1 aromatic heterocycles. The lowest BCUT2D eigenvalue weighted by Gasteiger charge is -2.19. The summed E-state index contributed by atoms with van der Waals surface area (Å²) in [4.78, 5) is 27.9. The molecule has 0 aromatic carbocycles. The molecule has 0 bridgehead atoms. The van der Waals surface area contributed by atoms with Crippen LogP contribution in [0.1, 0.15) is 19.6 Å². The van der Waals surface area contributed by atoms with Crippen LogP contribution in [0.5, 0.6) is 0 Å². The molecule has 0 aliphatic carbocycles. The maximum atomic E-state index is 11.8. The Kier molecular flexibility index (Phi) is 4.14. The van der Waals surface area contributed by atoms with Gasteiger partial charge in [0.25, 0.3) is 11.3 Å². The number of hydrogen-bond donors (Lipinski definition) is 4. The molecule has 0 saturated carbocycles. The zero-order valence-corrected chi connectivity index (χ0v) is 11.3. The maximum Gasteiger partial charge on any atom is 0.330 e. The first-order chi connectivity index (χ1) is 9.99. The quantitative estimate of drug-likeness (QED) is 0.401. The van der Waals surface area contributed by atoms with Gasteiger partial charge in [-0.1, -0.05) is 6.92 Å². The molecule has 2 heterocycles. The Morgan fingerprint density at radius 1 is 1.62 bits per heavy atom. The zero-order chi connectivity index (χ0) is 15.6. The number of nitrogens with one attached hydrogen (secondary N) is 2. The number of H-pyrrole nitrogens is 1. The van der Waals surface area contributed by atoms with Gasteiger partial charge in [-0.2, -0.15) is 0 Å². The summed E-state index contributed by atoms with van der Waals surface area (Å²) in [5.74, 6) is -0.564. The van der Waals surface area contributed by atoms with Gasteiger partial charge in [-0.05, 0) is 6.42 Å². The van der Waals surface area contributed by atoms with Crippen LogP contribution in [0.4, 0.5) is 0 Å². The monoisotopic (exact) mass is 298 g/mol. The number of aromatic nitrogens is 2. The van der Waals surface area contributed by atoms with Gasteiger partial charge in [0, 0.05) is 18.2 Å². The topological polar surface area (TPSA) is 155 Å². The molecule has 21 heavy (non-hydrogen) atoms. The lowest BCUT2D eigenvalue weighted by atomic mass is 9.94. The average molecular weight is 298 g/mol. The van der Waals surface area contributed by atoms with Gasteiger partial charge in [0.2, 0.25) is 4.91 Å². The summed E-state index contributed by atoms with van der Waals surface area (Å²) in [7, 11) is 0. The number of aromatic amines is 1. The molecule has 4 atom stereocenters. The number of aliphatic hydroxyl groups is 2. The number of nitrogens with zero attached hydrogens (tertiary/aromatic N) is 3. The fourth-order valence-corrected chi connectivity index (χ4v) is 2.50. The molecule has 1 saturated heterocycles. The van der Waals surface area contributed by atoms with Crippen molar-refractivity contribution >= 4 is 0 Å². The Bertz CT molecular complexity index is 678. The van der Waals surface area contributed by atoms with Crippen LogP contribution in [-0.4, -0.2) is 38.2 Å². The van der Waals surface area contributed by atoms with E-state index in [0.29, 0.717) is 6.42 Å². The van der Waals surface area contributed by atoms with Crippen LogP contribution in [-0.2, 0) is 4.74 Å². The SMILES string of the molecule is CC[C@@H]1[C@H](n2ccc(=O)[nH]c2=O)O[C@@](CO)(N=[N+]=N)[C@H]1O. The average Bonchev–Trinajstić information content (AvgIpc) is 2.72. The molecular weight excluding hydrogens is 282 g/mol. The maximum absolute atomic E-state index is 11.8. The first-order valence-electron chi connectivity index (χ1n) is 6.36. The Morgan fingerprint density at radius 3 is 2.86 bits per heavy atom. The highest BCUT2D eigenvalue weighted by molar-refractivity contribution is 4.99. The van der Waals surface area contributed by atoms with Crippen LogP contribution >= 0.6 is 0 Å². The highest BCUT2D eigenvalue weighted by Gasteiger charge is 2.58. The van der Waals surface area contributed by atoms with Crippen molar-refractivity contribution in [3.63, 3.8) is 0 Å². The normalized spacial score (nSPS) is 31.9. The van der Waals surface area contributed by atoms with Crippen molar-refractivity contribution in [2.75, 3.05) is 6.61 Å². The molecule has 1 aliphatic heterocycles. The predicted molar refractivity (Wildman–Crippen MR) is 68.3 cm³/mol. The van der Waals surface area contributed by atoms with E-state index in [1.165, 1.54) is 6.20 Å². The van der Waals surface area contributed by atoms with Crippen LogP contribution in [0.2, 0.25) is 0 Å². The Morgan fingerprint density at radius 2 is 2.33 bits per heavy atom. The van der Waals surface area contributed by atoms with Crippen molar-refractivity contribution in [3.8, 4) is 0 Å². The molecule has 1 fully saturated rings. The van der Waals surface area contributed by atoms with E-state index < -0.39 is 41.8 Å². The van der Waals surface area contributed by atoms with Crippen molar-refractivity contribution in [2.24, 2.45) is 11.0 Å². The summed E-state index contributed by atoms with van der Waals surface area (Å²) in [5, 5.41) is 23.2. The Balaban J connectivity index is 2.51. The Hall–Kier alpha value is -2.13. The van der Waals surface area contributed by atoms with Crippen molar-refractivity contribution in [1.29, 1.82) is 5.53 Å². The van der Waals surface area contributed by atoms with Crippen molar-refractivity contribution in [2.45, 2.75) is 31.4 Å². The second-order valence-electron chi connectivity index (χ2n) is 4.75. The number of aliphatic hydroxyl groups excluding tert-OH is 2. The van der Waals surface area contributed by atoms with E-state index in [4.69, 9.17) is 10.3 Å². The molecule has 0 unspecified atom stereocenters. The predicted octanol–water partition coefficient (Wildman–Crippen LogP) is -1.31. The molecule has 0 spiro atoms. The summed E-state index contributed by atoms with van der Waals surface area (Å²) >= 11 is 0. The van der Waals surface area contributed by atoms with Crippen molar-refractivity contribution < 1.29 is 14.9 Å². The van der Waals surface area contributed by atoms with E-state index in [1.54, 1.807) is 6.92 Å². The molecular formula is C11H16N5O5+. The van der Waals surface area contributed by atoms with Crippen LogP contribution in [0.3, 0.4) is 0 Å². The van der Waals surface area contributed by atoms with Crippen LogP contribution in [0.25, 0.3) is 0 Å². The second kappa shape index (κ2) is 5.70. The summed E-state index contributed by atoms with van der Waals surface area (Å²) in [6.07, 6.45) is -0.517. The van der Waals surface area contributed by atoms with Gasteiger partial charge < -0.3 is 14.9 Å². The first kappa shape index (κ1) is 15.3. The standard InChI is InChI=1S/C11H15N5O5/c1-2-6-8(19)11(5-17,14-15-12)21-9(6)16-4-3-7(18)13-10(16)20/h3-4,6,8-9,12,17,19H,2,5H2,1H3/p+1/t6-,8-,9+,11+/m0/s1. The summed E-state index contributed by atoms with van der Waals surface area (Å²) in [5.41, 5.74) is 3.75. The molecule has 10 heteroatoms. The summed E-state index contributed by atoms with van der Waals surface area (Å²) in [6, 6.07) is 1.15. The molecule has 10 nitrogen and oxygen atoms in total. The molecule has 114 valence electrons. The van der Waals surface area contributed by atoms with Gasteiger partial charge in [-0.25, -0.2) is 4.79 Å². The molecule has 2 rings (SSSR count). The van der Waals surface area contributed by atoms with E-state index >= 15 is 0 Å². The minimum absolute atomic E-state index is 0.423. The van der Waals surface area contributed by atoms with Crippen LogP contribution < -0.4 is 16.2 Å². The largest absolute Gasteiger partial charge is 0.391 e. The minimum atomic E-state index is -1.79. The molecule has 0 radical (unpaired) electrons. The highest BCUT2D eigenvalue weighted by Crippen LogP contribution is 2.42. The van der Waals surface area contributed by atoms with Gasteiger partial charge in [-0.15, -0.1) is 0 Å². The van der Waals surface area contributed by atoms with Gasteiger partial charge in [0.05, 0.1) is 0 Å². The van der Waals surface area contributed by atoms with Crippen molar-refractivity contribution in [1.82, 2.24) is 14.5 Å². The zero-order valence-electron chi connectivity index (χ0n) is 11.3. The molecule has 1 aliphatic rings. The summed E-state index contributed by atoms with van der Waals surface area (Å²) in [6.45, 7) is 1.08. The van der Waals surface area contributed by atoms with E-state index in [-0.39, 0.29) is 0 Å². The summed E-state index contributed by atoms with van der Waals surface area (Å²) < 4.78 is 6.63. The van der Waals surface area contributed by atoms with Crippen LogP contribution in [0, 0.1) is 11.4 Å². The van der Waals surface area contributed by atoms with E-state index in [0.717, 1.165) is 10.6 Å². The third kappa shape index (κ3) is 2.45. The third-order valence-electron chi connectivity index (χ3n) is 3.60. The van der Waals surface area contributed by atoms with Crippen LogP contribution in [0.15, 0.2) is 27.0 Å². The van der Waals surface area contributed by atoms with E-state index in [1.807, 2.05) is 0 Å². The van der Waals surface area contributed by atoms with Gasteiger partial charge in [-0.3, -0.25) is 14.3 Å². The van der Waals surface area contributed by atoms with Gasteiger partial charge in [0.1, 0.15) is 24.5 Å². The second-order valence-corrected chi connectivity index (χ2v) is 4.75.